The molecule has 0 unspecified atom stereocenters. The van der Waals surface area contributed by atoms with Crippen LogP contribution in [0.1, 0.15) is 92.9 Å². The summed E-state index contributed by atoms with van der Waals surface area (Å²) in [7, 11) is 0. The number of hydrogen-bond donors (Lipinski definition) is 0. The highest BCUT2D eigenvalue weighted by Gasteiger charge is 2.59. The van der Waals surface area contributed by atoms with Crippen LogP contribution < -0.4 is 0 Å². The van der Waals surface area contributed by atoms with Gasteiger partial charge in [0, 0.05) is 12.3 Å². The molecule has 39 heavy (non-hydrogen) atoms. The zero-order chi connectivity index (χ0) is 27.2. The second-order valence-electron chi connectivity index (χ2n) is 13.1. The van der Waals surface area contributed by atoms with Crippen LogP contribution in [0, 0.1) is 34.5 Å². The summed E-state index contributed by atoms with van der Waals surface area (Å²) in [6.07, 6.45) is 11.2. The highest BCUT2D eigenvalue weighted by atomic mass is 16.5. The smallest absolute Gasteiger partial charge is 0.338 e. The molecule has 4 aliphatic rings. The molecule has 6 rings (SSSR count). The maximum atomic E-state index is 12.8. The number of hydrogen-bond acceptors (Lipinski definition) is 4. The van der Waals surface area contributed by atoms with E-state index in [9.17, 15) is 9.59 Å². The van der Waals surface area contributed by atoms with Crippen molar-refractivity contribution in [1.29, 1.82) is 0 Å². The molecule has 206 valence electrons. The summed E-state index contributed by atoms with van der Waals surface area (Å²) >= 11 is 0. The molecule has 0 aliphatic heterocycles. The van der Waals surface area contributed by atoms with Gasteiger partial charge >= 0.3 is 11.9 Å². The average molecular weight is 527 g/mol. The van der Waals surface area contributed by atoms with Crippen LogP contribution in [0.4, 0.5) is 0 Å². The topological polar surface area (TPSA) is 52.6 Å². The predicted octanol–water partition coefficient (Wildman–Crippen LogP) is 8.04. The van der Waals surface area contributed by atoms with Crippen molar-refractivity contribution in [2.75, 3.05) is 0 Å². The van der Waals surface area contributed by atoms with E-state index in [1.807, 2.05) is 60.7 Å². The Bertz CT molecular complexity index is 1240. The van der Waals surface area contributed by atoms with Crippen molar-refractivity contribution in [2.45, 2.75) is 84.3 Å². The number of allylic oxidation sites excluding steroid dienone is 1. The SMILES string of the molecule is C[C@@H](OC(=O)c1ccccc1)[C@H]1CC[C@H]2[C@@H]3CC=C4C[C@H](OC(=O)c5ccccc5)CC[C@]4(C)[C@H]3CC[C@]12C. The zero-order valence-corrected chi connectivity index (χ0v) is 23.6. The van der Waals surface area contributed by atoms with Gasteiger partial charge in [-0.15, -0.1) is 0 Å². The minimum atomic E-state index is -0.203. The molecule has 4 aliphatic carbocycles. The lowest BCUT2D eigenvalue weighted by atomic mass is 9.47. The number of benzene rings is 2. The van der Waals surface area contributed by atoms with Gasteiger partial charge in [0.15, 0.2) is 0 Å². The molecule has 0 amide bonds. The van der Waals surface area contributed by atoms with Crippen molar-refractivity contribution < 1.29 is 19.1 Å². The lowest BCUT2D eigenvalue weighted by Gasteiger charge is -2.58. The Labute approximate surface area is 233 Å². The quantitative estimate of drug-likeness (QED) is 0.292. The summed E-state index contributed by atoms with van der Waals surface area (Å²) < 4.78 is 12.0. The van der Waals surface area contributed by atoms with Gasteiger partial charge in [-0.25, -0.2) is 9.59 Å². The van der Waals surface area contributed by atoms with Gasteiger partial charge < -0.3 is 9.47 Å². The van der Waals surface area contributed by atoms with Crippen LogP contribution in [0.5, 0.6) is 0 Å². The Morgan fingerprint density at radius 1 is 0.821 bits per heavy atom. The Hall–Kier alpha value is -2.88. The van der Waals surface area contributed by atoms with Crippen LogP contribution in [0.3, 0.4) is 0 Å². The summed E-state index contributed by atoms with van der Waals surface area (Å²) in [6.45, 7) is 7.09. The van der Waals surface area contributed by atoms with Crippen LogP contribution in [-0.2, 0) is 9.47 Å². The molecule has 0 aromatic heterocycles. The largest absolute Gasteiger partial charge is 0.459 e. The molecule has 0 saturated heterocycles. The Morgan fingerprint density at radius 2 is 1.49 bits per heavy atom. The number of fused-ring (bicyclic) bond motifs is 5. The van der Waals surface area contributed by atoms with Gasteiger partial charge in [-0.2, -0.15) is 0 Å². The molecule has 0 N–H and O–H groups in total. The highest BCUT2D eigenvalue weighted by Crippen LogP contribution is 2.66. The monoisotopic (exact) mass is 526 g/mol. The van der Waals surface area contributed by atoms with Gasteiger partial charge in [-0.05, 0) is 105 Å². The van der Waals surface area contributed by atoms with Crippen LogP contribution in [0.2, 0.25) is 0 Å². The van der Waals surface area contributed by atoms with Gasteiger partial charge in [0.1, 0.15) is 12.2 Å². The maximum Gasteiger partial charge on any atom is 0.338 e. The van der Waals surface area contributed by atoms with Crippen molar-refractivity contribution in [3.63, 3.8) is 0 Å². The van der Waals surface area contributed by atoms with Crippen molar-refractivity contribution >= 4 is 11.9 Å². The minimum Gasteiger partial charge on any atom is -0.459 e. The van der Waals surface area contributed by atoms with Crippen molar-refractivity contribution in [3.05, 3.63) is 83.4 Å². The number of ether oxygens (including phenoxy) is 2. The van der Waals surface area contributed by atoms with Gasteiger partial charge in [0.05, 0.1) is 11.1 Å². The fourth-order valence-corrected chi connectivity index (χ4v) is 9.23. The first-order chi connectivity index (χ1) is 18.8. The van der Waals surface area contributed by atoms with E-state index in [1.54, 1.807) is 0 Å². The first-order valence-electron chi connectivity index (χ1n) is 15.0. The number of carbonyl (C=O) groups is 2. The molecule has 4 nitrogen and oxygen atoms in total. The normalized spacial score (nSPS) is 36.0. The predicted molar refractivity (Wildman–Crippen MR) is 152 cm³/mol. The standard InChI is InChI=1S/C35H42O4/c1-23(38-32(36)24-10-6-4-7-11-24)29-16-17-30-28-15-14-26-22-27(39-33(37)25-12-8-5-9-13-25)18-20-34(26,2)31(28)19-21-35(29,30)3/h4-14,23,27-31H,15-22H2,1-3H3/t23-,27-,28+,29-,30+,31+,34+,35-/m1/s1. The summed E-state index contributed by atoms with van der Waals surface area (Å²) in [5.41, 5.74) is 3.19. The lowest BCUT2D eigenvalue weighted by molar-refractivity contribution is -0.0727. The number of rotatable bonds is 5. The van der Waals surface area contributed by atoms with E-state index in [0.717, 1.165) is 32.1 Å². The van der Waals surface area contributed by atoms with Gasteiger partial charge in [0.25, 0.3) is 0 Å². The van der Waals surface area contributed by atoms with E-state index < -0.39 is 0 Å². The van der Waals surface area contributed by atoms with E-state index in [2.05, 4.69) is 26.8 Å². The second-order valence-corrected chi connectivity index (χ2v) is 13.1. The average Bonchev–Trinajstić information content (AvgIpc) is 3.31. The first kappa shape index (κ1) is 26.3. The molecule has 0 heterocycles. The maximum absolute atomic E-state index is 12.8. The molecule has 8 atom stereocenters. The molecule has 0 radical (unpaired) electrons. The molecule has 3 saturated carbocycles. The Kier molecular flexibility index (Phi) is 6.93. The van der Waals surface area contributed by atoms with Crippen LogP contribution in [0.15, 0.2) is 72.3 Å². The van der Waals surface area contributed by atoms with Crippen molar-refractivity contribution in [3.8, 4) is 0 Å². The van der Waals surface area contributed by atoms with Gasteiger partial charge in [-0.1, -0.05) is 61.9 Å². The fourth-order valence-electron chi connectivity index (χ4n) is 9.23. The number of esters is 2. The summed E-state index contributed by atoms with van der Waals surface area (Å²) in [5.74, 6) is 2.03. The first-order valence-corrected chi connectivity index (χ1v) is 15.0. The summed E-state index contributed by atoms with van der Waals surface area (Å²) in [5, 5.41) is 0. The third-order valence-corrected chi connectivity index (χ3v) is 11.3. The molecule has 0 bridgehead atoms. The van der Waals surface area contributed by atoms with E-state index in [4.69, 9.17) is 9.47 Å². The van der Waals surface area contributed by atoms with Crippen LogP contribution >= 0.6 is 0 Å². The molecule has 2 aromatic carbocycles. The Balaban J connectivity index is 1.14. The molecular formula is C35H42O4. The highest BCUT2D eigenvalue weighted by molar-refractivity contribution is 5.89. The van der Waals surface area contributed by atoms with E-state index in [0.29, 0.717) is 34.8 Å². The lowest BCUT2D eigenvalue weighted by Crippen LogP contribution is -2.51. The van der Waals surface area contributed by atoms with Crippen molar-refractivity contribution in [1.82, 2.24) is 0 Å². The third kappa shape index (κ3) is 4.64. The molecular weight excluding hydrogens is 484 g/mol. The minimum absolute atomic E-state index is 0.0292. The number of carbonyl (C=O) groups excluding carboxylic acids is 2. The summed E-state index contributed by atoms with van der Waals surface area (Å²) in [4.78, 5) is 25.5. The van der Waals surface area contributed by atoms with E-state index in [-0.39, 0.29) is 35.0 Å². The van der Waals surface area contributed by atoms with Gasteiger partial charge in [0.2, 0.25) is 0 Å². The van der Waals surface area contributed by atoms with Crippen LogP contribution in [-0.4, -0.2) is 24.1 Å². The third-order valence-electron chi connectivity index (χ3n) is 11.3. The summed E-state index contributed by atoms with van der Waals surface area (Å²) in [6, 6.07) is 18.7. The molecule has 0 spiro atoms. The fraction of sp³-hybridized carbons (Fsp3) is 0.543. The van der Waals surface area contributed by atoms with E-state index in [1.165, 1.54) is 24.8 Å². The molecule has 4 heteroatoms. The van der Waals surface area contributed by atoms with Gasteiger partial charge in [-0.3, -0.25) is 0 Å². The Morgan fingerprint density at radius 3 is 2.18 bits per heavy atom. The zero-order valence-electron chi connectivity index (χ0n) is 23.6. The van der Waals surface area contributed by atoms with Crippen LogP contribution in [0.25, 0.3) is 0 Å². The van der Waals surface area contributed by atoms with E-state index >= 15 is 0 Å². The molecule has 3 fully saturated rings. The van der Waals surface area contributed by atoms with Crippen molar-refractivity contribution in [2.24, 2.45) is 34.5 Å². The second kappa shape index (κ2) is 10.3. The molecule has 2 aromatic rings.